The van der Waals surface area contributed by atoms with Crippen molar-refractivity contribution in [2.45, 2.75) is 18.6 Å². The summed E-state index contributed by atoms with van der Waals surface area (Å²) in [6.07, 6.45) is 0. The number of carbonyl (C=O) groups is 1. The molecular formula is C24H23N3O4S2. The van der Waals surface area contributed by atoms with Crippen molar-refractivity contribution in [3.05, 3.63) is 75.4 Å². The number of hydrogen-bond donors (Lipinski definition) is 1. The lowest BCUT2D eigenvalue weighted by atomic mass is 10.1. The Hall–Kier alpha value is -3.30. The highest BCUT2D eigenvalue weighted by molar-refractivity contribution is 7.99. The standard InChI is InChI=1S/C24H23N3O4S2/c1-15-4-6-16(7-5-15)13-27-23(29)22-20(8-9-32-22)26-24(27)33-14-21(28)25-17-10-18(30-2)12-19(11-17)31-3/h4-12H,13-14H2,1-3H3,(H,25,28). The maximum Gasteiger partial charge on any atom is 0.272 e. The first-order chi connectivity index (χ1) is 16.0. The average Bonchev–Trinajstić information content (AvgIpc) is 3.29. The Morgan fingerprint density at radius 2 is 1.79 bits per heavy atom. The molecule has 33 heavy (non-hydrogen) atoms. The van der Waals surface area contributed by atoms with Crippen molar-refractivity contribution in [3.8, 4) is 11.5 Å². The van der Waals surface area contributed by atoms with E-state index in [9.17, 15) is 9.59 Å². The fraction of sp³-hybridized carbons (Fsp3) is 0.208. The summed E-state index contributed by atoms with van der Waals surface area (Å²) in [5, 5.41) is 5.21. The lowest BCUT2D eigenvalue weighted by Gasteiger charge is -2.13. The normalized spacial score (nSPS) is 10.9. The highest BCUT2D eigenvalue weighted by Gasteiger charge is 2.15. The number of thiophene rings is 1. The number of methoxy groups -OCH3 is 2. The predicted molar refractivity (Wildman–Crippen MR) is 133 cm³/mol. The number of nitrogens with zero attached hydrogens (tertiary/aromatic N) is 2. The molecule has 4 rings (SSSR count). The molecule has 7 nitrogen and oxygen atoms in total. The van der Waals surface area contributed by atoms with Gasteiger partial charge in [-0.1, -0.05) is 41.6 Å². The van der Waals surface area contributed by atoms with Gasteiger partial charge in [0.1, 0.15) is 16.2 Å². The maximum absolute atomic E-state index is 13.2. The highest BCUT2D eigenvalue weighted by atomic mass is 32.2. The Morgan fingerprint density at radius 3 is 2.45 bits per heavy atom. The number of hydrogen-bond acceptors (Lipinski definition) is 7. The molecule has 0 bridgehead atoms. The zero-order valence-electron chi connectivity index (χ0n) is 18.5. The van der Waals surface area contributed by atoms with Crippen LogP contribution in [0.15, 0.2) is 63.9 Å². The summed E-state index contributed by atoms with van der Waals surface area (Å²) >= 11 is 2.61. The molecule has 0 aliphatic heterocycles. The smallest absolute Gasteiger partial charge is 0.272 e. The van der Waals surface area contributed by atoms with E-state index in [0.717, 1.165) is 11.1 Å². The third kappa shape index (κ3) is 5.37. The van der Waals surface area contributed by atoms with E-state index in [0.29, 0.717) is 39.1 Å². The van der Waals surface area contributed by atoms with Crippen molar-refractivity contribution < 1.29 is 14.3 Å². The zero-order valence-corrected chi connectivity index (χ0v) is 20.1. The van der Waals surface area contributed by atoms with Crippen LogP contribution in [0, 0.1) is 6.92 Å². The van der Waals surface area contributed by atoms with Crippen molar-refractivity contribution in [2.24, 2.45) is 0 Å². The van der Waals surface area contributed by atoms with Gasteiger partial charge in [0.25, 0.3) is 5.56 Å². The second-order valence-electron chi connectivity index (χ2n) is 7.34. The van der Waals surface area contributed by atoms with Crippen LogP contribution in [0.25, 0.3) is 10.2 Å². The minimum atomic E-state index is -0.225. The van der Waals surface area contributed by atoms with Gasteiger partial charge in [0.15, 0.2) is 5.16 Å². The van der Waals surface area contributed by atoms with Crippen molar-refractivity contribution in [3.63, 3.8) is 0 Å². The van der Waals surface area contributed by atoms with Crippen LogP contribution in [0.4, 0.5) is 5.69 Å². The molecule has 0 radical (unpaired) electrons. The quantitative estimate of drug-likeness (QED) is 0.293. The monoisotopic (exact) mass is 481 g/mol. The first-order valence-corrected chi connectivity index (χ1v) is 12.0. The van der Waals surface area contributed by atoms with Crippen molar-refractivity contribution in [1.29, 1.82) is 0 Å². The van der Waals surface area contributed by atoms with Gasteiger partial charge in [0.05, 0.1) is 32.0 Å². The number of thioether (sulfide) groups is 1. The number of fused-ring (bicyclic) bond motifs is 1. The lowest BCUT2D eigenvalue weighted by Crippen LogP contribution is -2.24. The molecule has 0 atom stereocenters. The van der Waals surface area contributed by atoms with Gasteiger partial charge in [-0.3, -0.25) is 14.2 Å². The molecule has 1 amide bonds. The SMILES string of the molecule is COc1cc(NC(=O)CSc2nc3ccsc3c(=O)n2Cc2ccc(C)cc2)cc(OC)c1. The van der Waals surface area contributed by atoms with Crippen LogP contribution in [0.2, 0.25) is 0 Å². The number of nitrogens with one attached hydrogen (secondary N) is 1. The number of rotatable bonds is 8. The molecule has 2 heterocycles. The average molecular weight is 482 g/mol. The van der Waals surface area contributed by atoms with E-state index in [2.05, 4.69) is 10.3 Å². The number of anilines is 1. The summed E-state index contributed by atoms with van der Waals surface area (Å²) in [5.41, 5.74) is 3.25. The summed E-state index contributed by atoms with van der Waals surface area (Å²) in [5.74, 6) is 1.02. The van der Waals surface area contributed by atoms with E-state index < -0.39 is 0 Å². The lowest BCUT2D eigenvalue weighted by molar-refractivity contribution is -0.113. The Balaban J connectivity index is 1.56. The van der Waals surface area contributed by atoms with E-state index in [-0.39, 0.29) is 17.2 Å². The van der Waals surface area contributed by atoms with Gasteiger partial charge in [0, 0.05) is 23.9 Å². The van der Waals surface area contributed by atoms with Crippen LogP contribution in [-0.4, -0.2) is 35.4 Å². The van der Waals surface area contributed by atoms with Gasteiger partial charge in [-0.2, -0.15) is 0 Å². The van der Waals surface area contributed by atoms with Gasteiger partial charge in [-0.05, 0) is 23.9 Å². The molecule has 4 aromatic rings. The second kappa shape index (κ2) is 10.1. The topological polar surface area (TPSA) is 82.5 Å². The number of benzene rings is 2. The van der Waals surface area contributed by atoms with E-state index >= 15 is 0 Å². The van der Waals surface area contributed by atoms with E-state index in [4.69, 9.17) is 9.47 Å². The summed E-state index contributed by atoms with van der Waals surface area (Å²) in [4.78, 5) is 30.5. The predicted octanol–water partition coefficient (Wildman–Crippen LogP) is 4.56. The van der Waals surface area contributed by atoms with Crippen molar-refractivity contribution in [2.75, 3.05) is 25.3 Å². The first-order valence-electron chi connectivity index (χ1n) is 10.2. The van der Waals surface area contributed by atoms with E-state index in [1.165, 1.54) is 23.1 Å². The largest absolute Gasteiger partial charge is 0.497 e. The minimum absolute atomic E-state index is 0.0928. The van der Waals surface area contributed by atoms with E-state index in [1.54, 1.807) is 37.0 Å². The van der Waals surface area contributed by atoms with Crippen LogP contribution < -0.4 is 20.3 Å². The number of carbonyl (C=O) groups excluding carboxylic acids is 1. The molecule has 2 aromatic heterocycles. The number of ether oxygens (including phenoxy) is 2. The van der Waals surface area contributed by atoms with Crippen molar-refractivity contribution in [1.82, 2.24) is 9.55 Å². The van der Waals surface area contributed by atoms with Crippen LogP contribution in [-0.2, 0) is 11.3 Å². The van der Waals surface area contributed by atoms with Crippen LogP contribution >= 0.6 is 23.1 Å². The summed E-state index contributed by atoms with van der Waals surface area (Å²) in [7, 11) is 3.10. The van der Waals surface area contributed by atoms with Gasteiger partial charge < -0.3 is 14.8 Å². The van der Waals surface area contributed by atoms with Crippen LogP contribution in [0.5, 0.6) is 11.5 Å². The summed E-state index contributed by atoms with van der Waals surface area (Å²) < 4.78 is 12.7. The molecule has 9 heteroatoms. The maximum atomic E-state index is 13.2. The van der Waals surface area contributed by atoms with Crippen molar-refractivity contribution >= 4 is 44.9 Å². The second-order valence-corrected chi connectivity index (χ2v) is 9.20. The third-order valence-electron chi connectivity index (χ3n) is 4.96. The zero-order chi connectivity index (χ0) is 23.4. The molecule has 0 unspecified atom stereocenters. The first kappa shape index (κ1) is 22.9. The fourth-order valence-corrected chi connectivity index (χ4v) is 4.83. The third-order valence-corrected chi connectivity index (χ3v) is 6.83. The highest BCUT2D eigenvalue weighted by Crippen LogP contribution is 2.26. The number of amides is 1. The van der Waals surface area contributed by atoms with Gasteiger partial charge in [-0.15, -0.1) is 11.3 Å². The Morgan fingerprint density at radius 1 is 1.09 bits per heavy atom. The Kier molecular flexibility index (Phi) is 7.00. The Bertz CT molecular complexity index is 1320. The van der Waals surface area contributed by atoms with Crippen LogP contribution in [0.1, 0.15) is 11.1 Å². The van der Waals surface area contributed by atoms with Crippen LogP contribution in [0.3, 0.4) is 0 Å². The summed E-state index contributed by atoms with van der Waals surface area (Å²) in [6, 6.07) is 15.0. The molecule has 170 valence electrons. The number of aryl methyl sites for hydroxylation is 1. The molecule has 1 N–H and O–H groups in total. The molecule has 2 aromatic carbocycles. The Labute approximate surface area is 199 Å². The van der Waals surface area contributed by atoms with Gasteiger partial charge in [-0.25, -0.2) is 4.98 Å². The molecule has 0 aliphatic carbocycles. The molecule has 0 aliphatic rings. The molecular weight excluding hydrogens is 458 g/mol. The van der Waals surface area contributed by atoms with Gasteiger partial charge in [0.2, 0.25) is 5.91 Å². The summed E-state index contributed by atoms with van der Waals surface area (Å²) in [6.45, 7) is 2.41. The molecule has 0 spiro atoms. The van der Waals surface area contributed by atoms with Gasteiger partial charge >= 0.3 is 0 Å². The fourth-order valence-electron chi connectivity index (χ4n) is 3.26. The minimum Gasteiger partial charge on any atom is -0.497 e. The molecule has 0 saturated carbocycles. The molecule has 0 fully saturated rings. The molecule has 0 saturated heterocycles. The number of aromatic nitrogens is 2. The van der Waals surface area contributed by atoms with E-state index in [1.807, 2.05) is 42.6 Å².